The summed E-state index contributed by atoms with van der Waals surface area (Å²) in [6, 6.07) is 9.96. The van der Waals surface area contributed by atoms with Crippen molar-refractivity contribution < 1.29 is 14.3 Å². The molecule has 2 unspecified atom stereocenters. The highest BCUT2D eigenvalue weighted by atomic mass is 35.5. The maximum Gasteiger partial charge on any atom is 0.187 e. The van der Waals surface area contributed by atoms with Gasteiger partial charge < -0.3 is 4.74 Å². The van der Waals surface area contributed by atoms with Crippen LogP contribution in [0.4, 0.5) is 0 Å². The second kappa shape index (κ2) is 10.6. The van der Waals surface area contributed by atoms with Gasteiger partial charge in [0.25, 0.3) is 0 Å². The van der Waals surface area contributed by atoms with Gasteiger partial charge in [0, 0.05) is 37.2 Å². The van der Waals surface area contributed by atoms with Crippen molar-refractivity contribution in [2.24, 2.45) is 26.8 Å². The number of Topliss-reactive ketones (excluding diaryl/α,β-unsaturated/α-hetero) is 2. The largest absolute Gasteiger partial charge is 0.379 e. The summed E-state index contributed by atoms with van der Waals surface area (Å²) in [6.45, 7) is 7.52. The van der Waals surface area contributed by atoms with Crippen LogP contribution in [0.3, 0.4) is 0 Å². The van der Waals surface area contributed by atoms with Gasteiger partial charge in [-0.25, -0.2) is 9.98 Å². The Morgan fingerprint density at radius 1 is 1.06 bits per heavy atom. The fourth-order valence-electron chi connectivity index (χ4n) is 4.90. The molecule has 182 valence electrons. The van der Waals surface area contributed by atoms with E-state index in [0.29, 0.717) is 43.3 Å². The first-order chi connectivity index (χ1) is 15.4. The number of carbonyl (C=O) groups is 2. The molecule has 0 radical (unpaired) electrons. The number of morpholine rings is 1. The van der Waals surface area contributed by atoms with Crippen molar-refractivity contribution in [1.82, 2.24) is 4.90 Å². The number of hydrogen-bond donors (Lipinski definition) is 0. The predicted octanol–water partition coefficient (Wildman–Crippen LogP) is 3.15. The van der Waals surface area contributed by atoms with Crippen LogP contribution in [0.2, 0.25) is 0 Å². The average molecular weight is 505 g/mol. The van der Waals surface area contributed by atoms with Gasteiger partial charge in [0.05, 0.1) is 19.1 Å². The summed E-state index contributed by atoms with van der Waals surface area (Å²) in [5.41, 5.74) is 1.94. The first-order valence-corrected chi connectivity index (χ1v) is 11.3. The summed E-state index contributed by atoms with van der Waals surface area (Å²) in [4.78, 5) is 43.2. The molecule has 0 spiro atoms. The molecule has 1 fully saturated rings. The summed E-state index contributed by atoms with van der Waals surface area (Å²) < 4.78 is 5.44. The molecular weight excluding hydrogens is 475 g/mol. The van der Waals surface area contributed by atoms with Crippen LogP contribution in [0.5, 0.6) is 0 Å². The van der Waals surface area contributed by atoms with E-state index in [2.05, 4.69) is 14.9 Å². The minimum absolute atomic E-state index is 0. The maximum absolute atomic E-state index is 13.6. The fourth-order valence-corrected chi connectivity index (χ4v) is 4.90. The van der Waals surface area contributed by atoms with Crippen LogP contribution in [0, 0.1) is 11.8 Å². The number of allylic oxidation sites excluding steroid dienone is 2. The van der Waals surface area contributed by atoms with Crippen LogP contribution in [0.1, 0.15) is 25.8 Å². The molecule has 9 heteroatoms. The van der Waals surface area contributed by atoms with Crippen LogP contribution in [-0.4, -0.2) is 72.6 Å². The Labute approximate surface area is 212 Å². The van der Waals surface area contributed by atoms with Crippen molar-refractivity contribution in [2.75, 3.05) is 32.8 Å². The summed E-state index contributed by atoms with van der Waals surface area (Å²) in [6.07, 6.45) is 2.93. The Morgan fingerprint density at radius 2 is 1.76 bits per heavy atom. The Kier molecular flexibility index (Phi) is 8.24. The zero-order chi connectivity index (χ0) is 22.3. The van der Waals surface area contributed by atoms with Crippen LogP contribution >= 0.6 is 24.8 Å². The van der Waals surface area contributed by atoms with Gasteiger partial charge in [-0.2, -0.15) is 0 Å². The summed E-state index contributed by atoms with van der Waals surface area (Å²) in [5, 5.41) is 0. The molecule has 2 atom stereocenters. The average Bonchev–Trinajstić information content (AvgIpc) is 3.21. The molecule has 1 aliphatic carbocycles. The highest BCUT2D eigenvalue weighted by molar-refractivity contribution is 6.51. The third-order valence-corrected chi connectivity index (χ3v) is 6.76. The second-order valence-electron chi connectivity index (χ2n) is 9.33. The summed E-state index contributed by atoms with van der Waals surface area (Å²) in [7, 11) is 0. The quantitative estimate of drug-likeness (QED) is 0.616. The number of carbonyl (C=O) groups excluding carboxylic acids is 2. The van der Waals surface area contributed by atoms with Crippen LogP contribution in [0.25, 0.3) is 0 Å². The van der Waals surface area contributed by atoms with E-state index in [1.165, 1.54) is 0 Å². The SMILES string of the molecule is CC1(C)N=CC2=C3N=C(Cc4ccccc4)N=C3C(=O)C(CCN3CCOCC3)C2C1=O.Cl.Cl. The second-order valence-corrected chi connectivity index (χ2v) is 9.33. The first-order valence-electron chi connectivity index (χ1n) is 11.3. The molecule has 1 aromatic carbocycles. The Bertz CT molecular complexity index is 1070. The van der Waals surface area contributed by atoms with Crippen molar-refractivity contribution >= 4 is 54.1 Å². The maximum atomic E-state index is 13.6. The van der Waals surface area contributed by atoms with Crippen LogP contribution in [-0.2, 0) is 20.7 Å². The molecule has 0 amide bonds. The number of hydrogen-bond acceptors (Lipinski definition) is 7. The van der Waals surface area contributed by atoms with Gasteiger partial charge in [0.15, 0.2) is 11.6 Å². The first kappa shape index (κ1) is 26.4. The lowest BCUT2D eigenvalue weighted by atomic mass is 9.67. The molecule has 1 saturated heterocycles. The number of halogens is 2. The van der Waals surface area contributed by atoms with Gasteiger partial charge in [0.1, 0.15) is 22.8 Å². The van der Waals surface area contributed by atoms with Gasteiger partial charge >= 0.3 is 0 Å². The predicted molar refractivity (Wildman–Crippen MR) is 138 cm³/mol. The number of fused-ring (bicyclic) bond motifs is 2. The summed E-state index contributed by atoms with van der Waals surface area (Å²) in [5.74, 6) is -0.396. The highest BCUT2D eigenvalue weighted by Crippen LogP contribution is 2.41. The molecule has 0 aromatic heterocycles. The van der Waals surface area contributed by atoms with Crippen molar-refractivity contribution in [3.05, 3.63) is 47.2 Å². The van der Waals surface area contributed by atoms with Gasteiger partial charge in [-0.3, -0.25) is 19.5 Å². The fraction of sp³-hybridized carbons (Fsp3) is 0.480. The zero-order valence-electron chi connectivity index (χ0n) is 19.4. The van der Waals surface area contributed by atoms with Crippen molar-refractivity contribution in [3.8, 4) is 0 Å². The lowest BCUT2D eigenvalue weighted by Crippen LogP contribution is -2.50. The van der Waals surface area contributed by atoms with E-state index >= 15 is 0 Å². The molecule has 34 heavy (non-hydrogen) atoms. The molecule has 0 bridgehead atoms. The molecule has 1 aromatic rings. The number of aliphatic imine (C=N–C) groups is 3. The minimum Gasteiger partial charge on any atom is -0.379 e. The minimum atomic E-state index is -0.837. The third-order valence-electron chi connectivity index (χ3n) is 6.76. The Balaban J connectivity index is 0.00000162. The molecule has 7 nitrogen and oxygen atoms in total. The lowest BCUT2D eigenvalue weighted by molar-refractivity contribution is -0.131. The molecule has 4 aliphatic rings. The molecule has 0 N–H and O–H groups in total. The van der Waals surface area contributed by atoms with Gasteiger partial charge in [0.2, 0.25) is 0 Å². The lowest BCUT2D eigenvalue weighted by Gasteiger charge is -2.38. The Hall–Kier alpha value is -2.19. The van der Waals surface area contributed by atoms with Crippen molar-refractivity contribution in [3.63, 3.8) is 0 Å². The molecule has 3 heterocycles. The van der Waals surface area contributed by atoms with E-state index in [-0.39, 0.29) is 36.4 Å². The van der Waals surface area contributed by atoms with Gasteiger partial charge in [-0.05, 0) is 32.4 Å². The van der Waals surface area contributed by atoms with E-state index < -0.39 is 17.4 Å². The number of rotatable bonds is 5. The standard InChI is InChI=1S/C25H28N4O3.2ClH/c1-25(2)24(31)20-17(8-9-29-10-12-32-13-11-29)23(30)22-21(18(20)15-26-25)27-19(28-22)14-16-6-4-3-5-7-16;;/h3-7,15,17,20H,8-14H2,1-2H3;2*1H. The normalized spacial score (nSPS) is 25.6. The number of ether oxygens (including phenoxy) is 1. The molecular formula is C25H30Cl2N4O3. The van der Waals surface area contributed by atoms with E-state index in [4.69, 9.17) is 9.73 Å². The topological polar surface area (TPSA) is 83.7 Å². The zero-order valence-corrected chi connectivity index (χ0v) is 21.0. The number of nitrogens with zero attached hydrogens (tertiary/aromatic N) is 4. The molecule has 3 aliphatic heterocycles. The van der Waals surface area contributed by atoms with E-state index in [1.54, 1.807) is 6.21 Å². The van der Waals surface area contributed by atoms with Crippen LogP contribution in [0.15, 0.2) is 56.6 Å². The van der Waals surface area contributed by atoms with Gasteiger partial charge in [-0.1, -0.05) is 30.3 Å². The highest BCUT2D eigenvalue weighted by Gasteiger charge is 2.51. The number of amidine groups is 1. The number of ketones is 2. The van der Waals surface area contributed by atoms with Crippen molar-refractivity contribution in [1.29, 1.82) is 0 Å². The third kappa shape index (κ3) is 4.93. The van der Waals surface area contributed by atoms with Crippen LogP contribution < -0.4 is 0 Å². The van der Waals surface area contributed by atoms with Crippen molar-refractivity contribution in [2.45, 2.75) is 32.2 Å². The summed E-state index contributed by atoms with van der Waals surface area (Å²) >= 11 is 0. The number of benzene rings is 1. The van der Waals surface area contributed by atoms with Gasteiger partial charge in [-0.15, -0.1) is 24.8 Å². The monoisotopic (exact) mass is 504 g/mol. The smallest absolute Gasteiger partial charge is 0.187 e. The molecule has 5 rings (SSSR count). The Morgan fingerprint density at radius 3 is 2.47 bits per heavy atom. The van der Waals surface area contributed by atoms with E-state index in [9.17, 15) is 9.59 Å². The molecule has 0 saturated carbocycles. The van der Waals surface area contributed by atoms with E-state index in [1.807, 2.05) is 44.2 Å². The van der Waals surface area contributed by atoms with E-state index in [0.717, 1.165) is 30.8 Å².